The van der Waals surface area contributed by atoms with Gasteiger partial charge in [0.2, 0.25) is 0 Å². The van der Waals surface area contributed by atoms with E-state index >= 15 is 0 Å². The van der Waals surface area contributed by atoms with Gasteiger partial charge in [0, 0.05) is 0 Å². The molecule has 1 rings (SSSR count). The SMILES string of the molecule is C=COCCOc1ccc(OCCOC=C)cc1. The molecule has 4 nitrogen and oxygen atoms in total. The van der Waals surface area contributed by atoms with Crippen molar-refractivity contribution >= 4 is 0 Å². The third kappa shape index (κ3) is 5.84. The van der Waals surface area contributed by atoms with E-state index in [1.54, 1.807) is 0 Å². The van der Waals surface area contributed by atoms with Crippen molar-refractivity contribution in [3.63, 3.8) is 0 Å². The summed E-state index contributed by atoms with van der Waals surface area (Å²) in [6.07, 6.45) is 2.79. The largest absolute Gasteiger partial charge is 0.498 e. The molecule has 0 N–H and O–H groups in total. The summed E-state index contributed by atoms with van der Waals surface area (Å²) in [5, 5.41) is 0. The van der Waals surface area contributed by atoms with Gasteiger partial charge in [-0.25, -0.2) is 0 Å². The van der Waals surface area contributed by atoms with Gasteiger partial charge in [-0.3, -0.25) is 0 Å². The Hall–Kier alpha value is -2.10. The summed E-state index contributed by atoms with van der Waals surface area (Å²) in [5.41, 5.74) is 0. The van der Waals surface area contributed by atoms with Crippen LogP contribution in [-0.2, 0) is 9.47 Å². The van der Waals surface area contributed by atoms with Gasteiger partial charge in [0.1, 0.15) is 37.9 Å². The Morgan fingerprint density at radius 3 is 1.44 bits per heavy atom. The van der Waals surface area contributed by atoms with Crippen molar-refractivity contribution in [3.05, 3.63) is 49.9 Å². The van der Waals surface area contributed by atoms with Crippen LogP contribution in [0, 0.1) is 0 Å². The third-order valence-electron chi connectivity index (χ3n) is 2.00. The Balaban J connectivity index is 2.24. The minimum absolute atomic E-state index is 0.486. The molecule has 0 aliphatic rings. The lowest BCUT2D eigenvalue weighted by atomic mass is 10.3. The second kappa shape index (κ2) is 8.98. The van der Waals surface area contributed by atoms with E-state index in [1.165, 1.54) is 12.5 Å². The monoisotopic (exact) mass is 250 g/mol. The summed E-state index contributed by atoms with van der Waals surface area (Å²) in [7, 11) is 0. The van der Waals surface area contributed by atoms with Crippen molar-refractivity contribution in [2.45, 2.75) is 0 Å². The molecule has 98 valence electrons. The van der Waals surface area contributed by atoms with E-state index in [4.69, 9.17) is 18.9 Å². The summed E-state index contributed by atoms with van der Waals surface area (Å²) >= 11 is 0. The van der Waals surface area contributed by atoms with Crippen LogP contribution in [0.3, 0.4) is 0 Å². The third-order valence-corrected chi connectivity index (χ3v) is 2.00. The smallest absolute Gasteiger partial charge is 0.122 e. The van der Waals surface area contributed by atoms with Crippen LogP contribution in [0.1, 0.15) is 0 Å². The first-order valence-electron chi connectivity index (χ1n) is 5.67. The Kier molecular flexibility index (Phi) is 6.97. The van der Waals surface area contributed by atoms with Crippen LogP contribution in [0.25, 0.3) is 0 Å². The Morgan fingerprint density at radius 2 is 1.11 bits per heavy atom. The Bertz CT molecular complexity index is 310. The molecule has 0 saturated carbocycles. The van der Waals surface area contributed by atoms with Crippen LogP contribution in [-0.4, -0.2) is 26.4 Å². The van der Waals surface area contributed by atoms with Crippen LogP contribution < -0.4 is 9.47 Å². The van der Waals surface area contributed by atoms with E-state index in [0.29, 0.717) is 26.4 Å². The molecule has 0 spiro atoms. The van der Waals surface area contributed by atoms with E-state index in [0.717, 1.165) is 11.5 Å². The van der Waals surface area contributed by atoms with E-state index in [2.05, 4.69) is 13.2 Å². The van der Waals surface area contributed by atoms with Crippen LogP contribution in [0.4, 0.5) is 0 Å². The van der Waals surface area contributed by atoms with Crippen molar-refractivity contribution in [1.82, 2.24) is 0 Å². The lowest BCUT2D eigenvalue weighted by Crippen LogP contribution is -2.05. The van der Waals surface area contributed by atoms with Gasteiger partial charge in [0.05, 0.1) is 12.5 Å². The van der Waals surface area contributed by atoms with Crippen LogP contribution in [0.2, 0.25) is 0 Å². The summed E-state index contributed by atoms with van der Waals surface area (Å²) in [6, 6.07) is 7.38. The van der Waals surface area contributed by atoms with Crippen molar-refractivity contribution in [2.24, 2.45) is 0 Å². The molecule has 0 heterocycles. The molecule has 0 radical (unpaired) electrons. The zero-order valence-electron chi connectivity index (χ0n) is 10.3. The maximum atomic E-state index is 5.44. The minimum Gasteiger partial charge on any atom is -0.498 e. The summed E-state index contributed by atoms with van der Waals surface area (Å²) in [5.74, 6) is 1.55. The van der Waals surface area contributed by atoms with Gasteiger partial charge in [-0.05, 0) is 24.3 Å². The first-order valence-corrected chi connectivity index (χ1v) is 5.67. The van der Waals surface area contributed by atoms with Gasteiger partial charge >= 0.3 is 0 Å². The summed E-state index contributed by atoms with van der Waals surface area (Å²) in [4.78, 5) is 0. The first kappa shape index (κ1) is 14.0. The van der Waals surface area contributed by atoms with Crippen LogP contribution >= 0.6 is 0 Å². The molecule has 0 bridgehead atoms. The highest BCUT2D eigenvalue weighted by atomic mass is 16.5. The van der Waals surface area contributed by atoms with Gasteiger partial charge in [-0.2, -0.15) is 0 Å². The van der Waals surface area contributed by atoms with Crippen molar-refractivity contribution < 1.29 is 18.9 Å². The van der Waals surface area contributed by atoms with Crippen LogP contribution in [0.5, 0.6) is 11.5 Å². The Morgan fingerprint density at radius 1 is 0.722 bits per heavy atom. The maximum absolute atomic E-state index is 5.44. The highest BCUT2D eigenvalue weighted by molar-refractivity contribution is 5.31. The quantitative estimate of drug-likeness (QED) is 0.472. The second-order valence-corrected chi connectivity index (χ2v) is 3.24. The van der Waals surface area contributed by atoms with Crippen LogP contribution in [0.15, 0.2) is 49.9 Å². The predicted molar refractivity (Wildman–Crippen MR) is 69.7 cm³/mol. The predicted octanol–water partition coefficient (Wildman–Crippen LogP) is 2.76. The molecule has 0 atom stereocenters. The lowest BCUT2D eigenvalue weighted by molar-refractivity contribution is 0.177. The standard InChI is InChI=1S/C14H18O4/c1-3-15-9-11-17-13-5-7-14(8-6-13)18-12-10-16-4-2/h3-8H,1-2,9-12H2. The van der Waals surface area contributed by atoms with Crippen molar-refractivity contribution in [1.29, 1.82) is 0 Å². The molecule has 0 fully saturated rings. The molecular formula is C14H18O4. The first-order chi connectivity index (χ1) is 8.86. The fraction of sp³-hybridized carbons (Fsp3) is 0.286. The molecule has 0 saturated heterocycles. The van der Waals surface area contributed by atoms with E-state index < -0.39 is 0 Å². The van der Waals surface area contributed by atoms with Gasteiger partial charge in [-0.1, -0.05) is 13.2 Å². The van der Waals surface area contributed by atoms with Gasteiger partial charge in [-0.15, -0.1) is 0 Å². The molecule has 0 aliphatic carbocycles. The summed E-state index contributed by atoms with van der Waals surface area (Å²) < 4.78 is 20.8. The topological polar surface area (TPSA) is 36.9 Å². The molecule has 1 aromatic carbocycles. The van der Waals surface area contributed by atoms with E-state index in [9.17, 15) is 0 Å². The zero-order valence-corrected chi connectivity index (χ0v) is 10.3. The van der Waals surface area contributed by atoms with Crippen molar-refractivity contribution in [3.8, 4) is 11.5 Å². The van der Waals surface area contributed by atoms with Gasteiger partial charge in [0.25, 0.3) is 0 Å². The molecule has 0 aromatic heterocycles. The Labute approximate surface area is 107 Å². The van der Waals surface area contributed by atoms with E-state index in [-0.39, 0.29) is 0 Å². The fourth-order valence-corrected chi connectivity index (χ4v) is 1.21. The summed E-state index contributed by atoms with van der Waals surface area (Å²) in [6.45, 7) is 8.84. The lowest BCUT2D eigenvalue weighted by Gasteiger charge is -2.08. The molecule has 4 heteroatoms. The number of hydrogen-bond acceptors (Lipinski definition) is 4. The highest BCUT2D eigenvalue weighted by Gasteiger charge is 1.96. The molecule has 1 aromatic rings. The normalized spacial score (nSPS) is 9.33. The van der Waals surface area contributed by atoms with Gasteiger partial charge < -0.3 is 18.9 Å². The number of rotatable bonds is 10. The number of benzene rings is 1. The maximum Gasteiger partial charge on any atom is 0.122 e. The van der Waals surface area contributed by atoms with E-state index in [1.807, 2.05) is 24.3 Å². The number of ether oxygens (including phenoxy) is 4. The molecule has 0 amide bonds. The molecular weight excluding hydrogens is 232 g/mol. The minimum atomic E-state index is 0.486. The molecule has 0 aliphatic heterocycles. The average Bonchev–Trinajstić information content (AvgIpc) is 2.41. The second-order valence-electron chi connectivity index (χ2n) is 3.24. The average molecular weight is 250 g/mol. The highest BCUT2D eigenvalue weighted by Crippen LogP contribution is 2.17. The van der Waals surface area contributed by atoms with Gasteiger partial charge in [0.15, 0.2) is 0 Å². The fourth-order valence-electron chi connectivity index (χ4n) is 1.21. The number of hydrogen-bond donors (Lipinski definition) is 0. The molecule has 0 unspecified atom stereocenters. The molecule has 18 heavy (non-hydrogen) atoms. The zero-order chi connectivity index (χ0) is 13.1. The van der Waals surface area contributed by atoms with Crippen molar-refractivity contribution in [2.75, 3.05) is 26.4 Å².